The molecule has 0 heterocycles. The smallest absolute Gasteiger partial charge is 0.282 e. The van der Waals surface area contributed by atoms with E-state index in [9.17, 15) is 8.42 Å². The van der Waals surface area contributed by atoms with Crippen LogP contribution < -0.4 is 0 Å². The van der Waals surface area contributed by atoms with E-state index in [2.05, 4.69) is 20.9 Å². The maximum atomic E-state index is 10.9. The van der Waals surface area contributed by atoms with Gasteiger partial charge in [-0.2, -0.15) is 8.42 Å². The highest BCUT2D eigenvalue weighted by Gasteiger charge is 2.07. The van der Waals surface area contributed by atoms with E-state index >= 15 is 0 Å². The van der Waals surface area contributed by atoms with E-state index < -0.39 is 10.1 Å². The Hall–Kier alpha value is -1.50. The van der Waals surface area contributed by atoms with Crippen LogP contribution in [-0.2, 0) is 10.1 Å². The summed E-state index contributed by atoms with van der Waals surface area (Å²) in [5.74, 6) is 0. The molecule has 0 radical (unpaired) electrons. The maximum absolute atomic E-state index is 10.9. The van der Waals surface area contributed by atoms with E-state index in [1.54, 1.807) is 6.21 Å². The summed E-state index contributed by atoms with van der Waals surface area (Å²) in [6.07, 6.45) is 1.68. The molecule has 2 aromatic carbocycles. The van der Waals surface area contributed by atoms with Crippen LogP contribution in [0.2, 0.25) is 0 Å². The van der Waals surface area contributed by atoms with Gasteiger partial charge in [0.1, 0.15) is 0 Å². The third-order valence-electron chi connectivity index (χ3n) is 2.37. The van der Waals surface area contributed by atoms with Crippen molar-refractivity contribution < 1.29 is 13.0 Å². The van der Waals surface area contributed by atoms with Gasteiger partial charge >= 0.3 is 0 Å². The first kappa shape index (κ1) is 13.9. The van der Waals surface area contributed by atoms with Gasteiger partial charge in [0, 0.05) is 10.7 Å². The monoisotopic (exact) mass is 339 g/mol. The minimum absolute atomic E-state index is 0.143. The second-order valence-electron chi connectivity index (χ2n) is 3.78. The van der Waals surface area contributed by atoms with Crippen LogP contribution in [0.4, 0.5) is 5.69 Å². The van der Waals surface area contributed by atoms with Crippen molar-refractivity contribution in [2.45, 2.75) is 4.90 Å². The Bertz CT molecular complexity index is 692. The first-order valence-electron chi connectivity index (χ1n) is 5.32. The highest BCUT2D eigenvalue weighted by atomic mass is 79.9. The van der Waals surface area contributed by atoms with Crippen LogP contribution in [0.15, 0.2) is 62.9 Å². The average molecular weight is 340 g/mol. The van der Waals surface area contributed by atoms with Crippen molar-refractivity contribution in [3.63, 3.8) is 0 Å². The highest BCUT2D eigenvalue weighted by molar-refractivity contribution is 9.10. The van der Waals surface area contributed by atoms with Crippen molar-refractivity contribution in [2.24, 2.45) is 4.99 Å². The zero-order valence-corrected chi connectivity index (χ0v) is 12.1. The molecule has 0 saturated heterocycles. The SMILES string of the molecule is O=S(=O)(O)c1ccc(N=Cc2ccc(Br)cc2)cc1. The van der Waals surface area contributed by atoms with Crippen LogP contribution in [0.5, 0.6) is 0 Å². The van der Waals surface area contributed by atoms with Gasteiger partial charge in [-0.25, -0.2) is 0 Å². The lowest BCUT2D eigenvalue weighted by Gasteiger charge is -1.98. The van der Waals surface area contributed by atoms with Crippen molar-refractivity contribution in [1.29, 1.82) is 0 Å². The summed E-state index contributed by atoms with van der Waals surface area (Å²) in [5, 5.41) is 0. The molecular weight excluding hydrogens is 330 g/mol. The normalized spacial score (nSPS) is 11.9. The zero-order chi connectivity index (χ0) is 13.9. The van der Waals surface area contributed by atoms with Crippen LogP contribution in [0, 0.1) is 0 Å². The maximum Gasteiger partial charge on any atom is 0.294 e. The predicted molar refractivity (Wildman–Crippen MR) is 77.7 cm³/mol. The number of benzene rings is 2. The number of halogens is 1. The van der Waals surface area contributed by atoms with Crippen molar-refractivity contribution in [3.8, 4) is 0 Å². The third kappa shape index (κ3) is 3.99. The lowest BCUT2D eigenvalue weighted by Crippen LogP contribution is -1.96. The molecule has 2 rings (SSSR count). The molecule has 0 unspecified atom stereocenters. The Labute approximate surface area is 119 Å². The molecule has 0 aromatic heterocycles. The van der Waals surface area contributed by atoms with Gasteiger partial charge in [-0.05, 0) is 42.0 Å². The van der Waals surface area contributed by atoms with Gasteiger partial charge in [-0.15, -0.1) is 0 Å². The van der Waals surface area contributed by atoms with Crippen LogP contribution in [0.1, 0.15) is 5.56 Å². The Morgan fingerprint density at radius 3 is 2.11 bits per heavy atom. The fourth-order valence-electron chi connectivity index (χ4n) is 1.40. The minimum Gasteiger partial charge on any atom is -0.282 e. The summed E-state index contributed by atoms with van der Waals surface area (Å²) in [6, 6.07) is 13.3. The molecule has 1 N–H and O–H groups in total. The third-order valence-corrected chi connectivity index (χ3v) is 3.76. The molecule has 0 amide bonds. The van der Waals surface area contributed by atoms with Crippen molar-refractivity contribution in [3.05, 3.63) is 58.6 Å². The van der Waals surface area contributed by atoms with Crippen molar-refractivity contribution in [1.82, 2.24) is 0 Å². The summed E-state index contributed by atoms with van der Waals surface area (Å²) in [5.41, 5.74) is 1.54. The Morgan fingerprint density at radius 2 is 1.58 bits per heavy atom. The topological polar surface area (TPSA) is 66.7 Å². The van der Waals surface area contributed by atoms with Crippen molar-refractivity contribution in [2.75, 3.05) is 0 Å². The van der Waals surface area contributed by atoms with Gasteiger partial charge in [0.2, 0.25) is 0 Å². The number of hydrogen-bond acceptors (Lipinski definition) is 3. The van der Waals surface area contributed by atoms with Gasteiger partial charge < -0.3 is 0 Å². The van der Waals surface area contributed by atoms with Crippen LogP contribution in [-0.4, -0.2) is 19.2 Å². The summed E-state index contributed by atoms with van der Waals surface area (Å²) in [7, 11) is -4.15. The van der Waals surface area contributed by atoms with E-state index in [0.29, 0.717) is 5.69 Å². The average Bonchev–Trinajstić information content (AvgIpc) is 2.37. The fraction of sp³-hybridized carbons (Fsp3) is 0. The molecule has 0 atom stereocenters. The van der Waals surface area contributed by atoms with E-state index in [4.69, 9.17) is 4.55 Å². The summed E-state index contributed by atoms with van der Waals surface area (Å²) in [6.45, 7) is 0. The number of hydrogen-bond donors (Lipinski definition) is 1. The van der Waals surface area contributed by atoms with Crippen molar-refractivity contribution >= 4 is 38.0 Å². The Kier molecular flexibility index (Phi) is 4.14. The number of aliphatic imine (C=N–C) groups is 1. The highest BCUT2D eigenvalue weighted by Crippen LogP contribution is 2.16. The lowest BCUT2D eigenvalue weighted by molar-refractivity contribution is 0.483. The lowest BCUT2D eigenvalue weighted by atomic mass is 10.2. The first-order chi connectivity index (χ1) is 8.95. The summed E-state index contributed by atoms with van der Waals surface area (Å²) in [4.78, 5) is 4.07. The number of rotatable bonds is 3. The standard InChI is InChI=1S/C13H10BrNO3S/c14-11-3-1-10(2-4-11)9-15-12-5-7-13(8-6-12)19(16,17)18/h1-9H,(H,16,17,18). The second kappa shape index (κ2) is 5.64. The first-order valence-corrected chi connectivity index (χ1v) is 7.56. The molecule has 0 aliphatic carbocycles. The van der Waals surface area contributed by atoms with Gasteiger partial charge in [0.25, 0.3) is 10.1 Å². The number of nitrogens with zero attached hydrogens (tertiary/aromatic N) is 1. The molecule has 0 spiro atoms. The molecule has 4 nitrogen and oxygen atoms in total. The summed E-state index contributed by atoms with van der Waals surface area (Å²) < 4.78 is 31.6. The second-order valence-corrected chi connectivity index (χ2v) is 6.12. The molecule has 0 fully saturated rings. The van der Waals surface area contributed by atoms with Crippen LogP contribution in [0.3, 0.4) is 0 Å². The molecule has 0 aliphatic rings. The quantitative estimate of drug-likeness (QED) is 0.687. The molecule has 0 bridgehead atoms. The molecule has 19 heavy (non-hydrogen) atoms. The van der Waals surface area contributed by atoms with Crippen LogP contribution >= 0.6 is 15.9 Å². The van der Waals surface area contributed by atoms with E-state index in [1.165, 1.54) is 24.3 Å². The Balaban J connectivity index is 2.18. The zero-order valence-electron chi connectivity index (χ0n) is 9.69. The van der Waals surface area contributed by atoms with E-state index in [-0.39, 0.29) is 4.90 Å². The van der Waals surface area contributed by atoms with Gasteiger partial charge in [-0.3, -0.25) is 9.55 Å². The molecule has 0 saturated carbocycles. The largest absolute Gasteiger partial charge is 0.294 e. The van der Waals surface area contributed by atoms with Gasteiger partial charge in [0.05, 0.1) is 10.6 Å². The van der Waals surface area contributed by atoms with Gasteiger partial charge in [-0.1, -0.05) is 28.1 Å². The molecule has 6 heteroatoms. The molecule has 98 valence electrons. The minimum atomic E-state index is -4.15. The van der Waals surface area contributed by atoms with Crippen LogP contribution in [0.25, 0.3) is 0 Å². The molecular formula is C13H10BrNO3S. The summed E-state index contributed by atoms with van der Waals surface area (Å²) >= 11 is 3.34. The fourth-order valence-corrected chi connectivity index (χ4v) is 2.15. The Morgan fingerprint density at radius 1 is 1.00 bits per heavy atom. The predicted octanol–water partition coefficient (Wildman–Crippen LogP) is 3.45. The van der Waals surface area contributed by atoms with E-state index in [1.807, 2.05) is 24.3 Å². The van der Waals surface area contributed by atoms with Gasteiger partial charge in [0.15, 0.2) is 0 Å². The molecule has 0 aliphatic heterocycles. The van der Waals surface area contributed by atoms with E-state index in [0.717, 1.165) is 10.0 Å². The molecule has 2 aromatic rings.